The van der Waals surface area contributed by atoms with Gasteiger partial charge >= 0.3 is 0 Å². The molecule has 16 heavy (non-hydrogen) atoms. The molecule has 0 amide bonds. The van der Waals surface area contributed by atoms with Crippen molar-refractivity contribution in [2.75, 3.05) is 0 Å². The zero-order valence-electron chi connectivity index (χ0n) is 10.4. The normalized spacial score (nSPS) is 19.9. The van der Waals surface area contributed by atoms with Gasteiger partial charge in [-0.1, -0.05) is 19.3 Å². The number of rotatable bonds is 3. The van der Waals surface area contributed by atoms with Crippen molar-refractivity contribution in [3.05, 3.63) is 17.7 Å². The Morgan fingerprint density at radius 1 is 1.38 bits per heavy atom. The Kier molecular flexibility index (Phi) is 3.64. The van der Waals surface area contributed by atoms with Crippen molar-refractivity contribution in [3.8, 4) is 0 Å². The highest BCUT2D eigenvalue weighted by molar-refractivity contribution is 5.08. The average Bonchev–Trinajstić information content (AvgIpc) is 2.62. The monoisotopic (exact) mass is 221 g/mol. The lowest BCUT2D eigenvalue weighted by Gasteiger charge is -2.28. The van der Waals surface area contributed by atoms with Gasteiger partial charge in [-0.3, -0.25) is 0 Å². The number of hydrogen-bond acceptors (Lipinski definition) is 2. The van der Waals surface area contributed by atoms with Crippen molar-refractivity contribution in [3.63, 3.8) is 0 Å². The third kappa shape index (κ3) is 2.46. The summed E-state index contributed by atoms with van der Waals surface area (Å²) in [5, 5.41) is 0. The molecule has 0 radical (unpaired) electrons. The summed E-state index contributed by atoms with van der Waals surface area (Å²) in [7, 11) is 0. The van der Waals surface area contributed by atoms with E-state index in [1.807, 2.05) is 6.33 Å². The summed E-state index contributed by atoms with van der Waals surface area (Å²) in [4.78, 5) is 4.32. The fourth-order valence-electron chi connectivity index (χ4n) is 2.67. The molecule has 3 nitrogen and oxygen atoms in total. The second-order valence-electron chi connectivity index (χ2n) is 5.13. The van der Waals surface area contributed by atoms with Crippen LogP contribution in [-0.2, 0) is 6.54 Å². The Bertz CT molecular complexity index is 337. The van der Waals surface area contributed by atoms with Crippen LogP contribution in [0, 0.1) is 19.8 Å². The summed E-state index contributed by atoms with van der Waals surface area (Å²) >= 11 is 0. The number of nitrogens with zero attached hydrogens (tertiary/aromatic N) is 2. The van der Waals surface area contributed by atoms with Gasteiger partial charge < -0.3 is 10.3 Å². The molecule has 2 N–H and O–H groups in total. The minimum atomic E-state index is 0.299. The predicted molar refractivity (Wildman–Crippen MR) is 66.3 cm³/mol. The van der Waals surface area contributed by atoms with Crippen molar-refractivity contribution in [1.29, 1.82) is 0 Å². The van der Waals surface area contributed by atoms with Gasteiger partial charge in [0.15, 0.2) is 0 Å². The summed E-state index contributed by atoms with van der Waals surface area (Å²) < 4.78 is 2.20. The first-order chi connectivity index (χ1) is 7.68. The molecule has 1 aliphatic rings. The average molecular weight is 221 g/mol. The van der Waals surface area contributed by atoms with Crippen LogP contribution in [0.5, 0.6) is 0 Å². The van der Waals surface area contributed by atoms with E-state index < -0.39 is 0 Å². The zero-order chi connectivity index (χ0) is 11.5. The Morgan fingerprint density at radius 3 is 2.62 bits per heavy atom. The van der Waals surface area contributed by atoms with Crippen LogP contribution < -0.4 is 5.73 Å². The number of imidazole rings is 1. The predicted octanol–water partition coefficient (Wildman–Crippen LogP) is 2.41. The van der Waals surface area contributed by atoms with E-state index >= 15 is 0 Å². The molecule has 1 unspecified atom stereocenters. The van der Waals surface area contributed by atoms with Gasteiger partial charge in [-0.15, -0.1) is 0 Å². The van der Waals surface area contributed by atoms with Crippen LogP contribution in [0.3, 0.4) is 0 Å². The van der Waals surface area contributed by atoms with Gasteiger partial charge in [-0.2, -0.15) is 0 Å². The first-order valence-electron chi connectivity index (χ1n) is 6.42. The molecule has 3 heteroatoms. The first-order valence-corrected chi connectivity index (χ1v) is 6.42. The number of nitrogens with two attached hydrogens (primary N) is 1. The van der Waals surface area contributed by atoms with Crippen LogP contribution in [0.25, 0.3) is 0 Å². The van der Waals surface area contributed by atoms with Gasteiger partial charge in [0.05, 0.1) is 12.0 Å². The first kappa shape index (κ1) is 11.6. The molecule has 2 rings (SSSR count). The lowest BCUT2D eigenvalue weighted by Crippen LogP contribution is -2.35. The largest absolute Gasteiger partial charge is 0.333 e. The van der Waals surface area contributed by atoms with Crippen molar-refractivity contribution in [2.24, 2.45) is 11.7 Å². The van der Waals surface area contributed by atoms with Gasteiger partial charge in [0.25, 0.3) is 0 Å². The molecule has 0 aromatic carbocycles. The molecule has 1 fully saturated rings. The van der Waals surface area contributed by atoms with E-state index in [-0.39, 0.29) is 0 Å². The molecule has 0 aliphatic heterocycles. The standard InChI is InChI=1S/C13H23N3/c1-10-11(2)16(9-15-10)8-13(14)12-6-4-3-5-7-12/h9,12-13H,3-8,14H2,1-2H3. The number of aryl methyl sites for hydroxylation is 1. The highest BCUT2D eigenvalue weighted by Crippen LogP contribution is 2.26. The molecule has 1 atom stereocenters. The maximum atomic E-state index is 6.31. The fourth-order valence-corrected chi connectivity index (χ4v) is 2.67. The Balaban J connectivity index is 1.95. The molecule has 1 aromatic rings. The molecular weight excluding hydrogens is 198 g/mol. The van der Waals surface area contributed by atoms with Crippen molar-refractivity contribution < 1.29 is 0 Å². The molecule has 1 saturated carbocycles. The van der Waals surface area contributed by atoms with E-state index in [1.54, 1.807) is 0 Å². The fraction of sp³-hybridized carbons (Fsp3) is 0.769. The van der Waals surface area contributed by atoms with E-state index in [4.69, 9.17) is 5.73 Å². The van der Waals surface area contributed by atoms with Gasteiger partial charge in [-0.25, -0.2) is 4.98 Å². The second-order valence-corrected chi connectivity index (χ2v) is 5.13. The lowest BCUT2D eigenvalue weighted by atomic mass is 9.84. The van der Waals surface area contributed by atoms with Crippen molar-refractivity contribution in [2.45, 2.75) is 58.5 Å². The van der Waals surface area contributed by atoms with E-state index in [0.29, 0.717) is 6.04 Å². The Morgan fingerprint density at radius 2 is 2.06 bits per heavy atom. The van der Waals surface area contributed by atoms with Gasteiger partial charge in [0, 0.05) is 18.3 Å². The van der Waals surface area contributed by atoms with Crippen molar-refractivity contribution in [1.82, 2.24) is 9.55 Å². The SMILES string of the molecule is Cc1ncn(CC(N)C2CCCCC2)c1C. The van der Waals surface area contributed by atoms with E-state index in [0.717, 1.165) is 18.2 Å². The number of aromatic nitrogens is 2. The molecule has 0 spiro atoms. The molecule has 0 saturated heterocycles. The number of hydrogen-bond donors (Lipinski definition) is 1. The zero-order valence-corrected chi connectivity index (χ0v) is 10.4. The van der Waals surface area contributed by atoms with Crippen LogP contribution >= 0.6 is 0 Å². The summed E-state index contributed by atoms with van der Waals surface area (Å²) in [6.07, 6.45) is 8.67. The molecular formula is C13H23N3. The third-order valence-corrected chi connectivity index (χ3v) is 4.01. The molecule has 90 valence electrons. The Hall–Kier alpha value is -0.830. The molecule has 0 bridgehead atoms. The van der Waals surface area contributed by atoms with Crippen LogP contribution in [0.4, 0.5) is 0 Å². The minimum absolute atomic E-state index is 0.299. The smallest absolute Gasteiger partial charge is 0.0951 e. The maximum absolute atomic E-state index is 6.31. The van der Waals surface area contributed by atoms with E-state index in [1.165, 1.54) is 37.8 Å². The Labute approximate surface area is 98.1 Å². The lowest BCUT2D eigenvalue weighted by molar-refractivity contribution is 0.284. The topological polar surface area (TPSA) is 43.8 Å². The van der Waals surface area contributed by atoms with E-state index in [2.05, 4.69) is 23.4 Å². The highest BCUT2D eigenvalue weighted by atomic mass is 15.1. The van der Waals surface area contributed by atoms with Gasteiger partial charge in [0.2, 0.25) is 0 Å². The van der Waals surface area contributed by atoms with Crippen LogP contribution in [-0.4, -0.2) is 15.6 Å². The maximum Gasteiger partial charge on any atom is 0.0951 e. The van der Waals surface area contributed by atoms with E-state index in [9.17, 15) is 0 Å². The molecule has 1 aliphatic carbocycles. The minimum Gasteiger partial charge on any atom is -0.333 e. The van der Waals surface area contributed by atoms with Crippen LogP contribution in [0.15, 0.2) is 6.33 Å². The molecule has 1 heterocycles. The second kappa shape index (κ2) is 5.00. The summed E-state index contributed by atoms with van der Waals surface area (Å²) in [5.41, 5.74) is 8.69. The van der Waals surface area contributed by atoms with Crippen molar-refractivity contribution >= 4 is 0 Å². The van der Waals surface area contributed by atoms with Gasteiger partial charge in [0.1, 0.15) is 0 Å². The van der Waals surface area contributed by atoms with Crippen LogP contribution in [0.1, 0.15) is 43.5 Å². The highest BCUT2D eigenvalue weighted by Gasteiger charge is 2.21. The summed E-state index contributed by atoms with van der Waals surface area (Å²) in [6, 6.07) is 0.299. The molecule has 1 aromatic heterocycles. The van der Waals surface area contributed by atoms with Crippen LogP contribution in [0.2, 0.25) is 0 Å². The third-order valence-electron chi connectivity index (χ3n) is 4.01. The summed E-state index contributed by atoms with van der Waals surface area (Å²) in [5.74, 6) is 0.718. The summed E-state index contributed by atoms with van der Waals surface area (Å²) in [6.45, 7) is 5.10. The van der Waals surface area contributed by atoms with Gasteiger partial charge in [-0.05, 0) is 32.6 Å². The quantitative estimate of drug-likeness (QED) is 0.851.